The summed E-state index contributed by atoms with van der Waals surface area (Å²) in [6, 6.07) is 0. The molecule has 3 atom stereocenters. The highest BCUT2D eigenvalue weighted by molar-refractivity contribution is 5.95. The topological polar surface area (TPSA) is 44.6 Å². The number of aliphatic hydroxyl groups is 1. The fourth-order valence-corrected chi connectivity index (χ4v) is 3.32. The average molecular weight is 196 g/mol. The van der Waals surface area contributed by atoms with E-state index in [1.54, 1.807) is 7.05 Å². The summed E-state index contributed by atoms with van der Waals surface area (Å²) in [6.45, 7) is 6.70. The van der Waals surface area contributed by atoms with Gasteiger partial charge in [0.2, 0.25) is 0 Å². The Kier molecular flexibility index (Phi) is 1.94. The molecule has 0 aromatic heterocycles. The molecule has 14 heavy (non-hydrogen) atoms. The molecule has 2 saturated carbocycles. The van der Waals surface area contributed by atoms with E-state index in [9.17, 15) is 5.11 Å². The molecule has 3 unspecified atom stereocenters. The summed E-state index contributed by atoms with van der Waals surface area (Å²) in [5.41, 5.74) is 3.98. The van der Waals surface area contributed by atoms with Gasteiger partial charge in [-0.25, -0.2) is 0 Å². The largest absolute Gasteiger partial charge is 0.386 e. The van der Waals surface area contributed by atoms with Crippen LogP contribution in [0, 0.1) is 16.7 Å². The van der Waals surface area contributed by atoms with E-state index >= 15 is 0 Å². The first-order valence-electron chi connectivity index (χ1n) is 5.37. The molecule has 2 rings (SSSR count). The first-order valence-corrected chi connectivity index (χ1v) is 5.37. The highest BCUT2D eigenvalue weighted by Gasteiger charge is 2.64. The summed E-state index contributed by atoms with van der Waals surface area (Å²) in [4.78, 5) is 0. The molecule has 0 aromatic rings. The standard InChI is InChI=1S/C11H20N2O/c1-10(2)7-5-6-11(10,3)9(14)8(7)13-12-4/h7,9,12,14H,5-6H2,1-4H3/b13-8+. The minimum Gasteiger partial charge on any atom is -0.386 e. The average Bonchev–Trinajstić information content (AvgIpc) is 2.41. The van der Waals surface area contributed by atoms with E-state index in [2.05, 4.69) is 31.3 Å². The lowest BCUT2D eigenvalue weighted by Crippen LogP contribution is -2.38. The van der Waals surface area contributed by atoms with Gasteiger partial charge in [0.25, 0.3) is 0 Å². The summed E-state index contributed by atoms with van der Waals surface area (Å²) in [5.74, 6) is 0.454. The molecule has 2 bridgehead atoms. The van der Waals surface area contributed by atoms with Gasteiger partial charge < -0.3 is 10.5 Å². The SMILES string of the molecule is CN/N=C1\C2CCC(C)(C1O)C2(C)C. The Morgan fingerprint density at radius 3 is 2.50 bits per heavy atom. The molecule has 0 amide bonds. The van der Waals surface area contributed by atoms with Crippen LogP contribution in [-0.2, 0) is 0 Å². The van der Waals surface area contributed by atoms with E-state index in [1.165, 1.54) is 6.42 Å². The van der Waals surface area contributed by atoms with Gasteiger partial charge in [-0.15, -0.1) is 0 Å². The summed E-state index contributed by atoms with van der Waals surface area (Å²) < 4.78 is 0. The first-order chi connectivity index (χ1) is 6.45. The van der Waals surface area contributed by atoms with Crippen molar-refractivity contribution in [3.63, 3.8) is 0 Å². The van der Waals surface area contributed by atoms with Crippen LogP contribution in [0.1, 0.15) is 33.6 Å². The first kappa shape index (κ1) is 9.97. The molecule has 0 saturated heterocycles. The van der Waals surface area contributed by atoms with E-state index in [0.29, 0.717) is 5.92 Å². The van der Waals surface area contributed by atoms with E-state index in [-0.39, 0.29) is 16.9 Å². The van der Waals surface area contributed by atoms with Crippen LogP contribution in [0.25, 0.3) is 0 Å². The Labute approximate surface area is 85.6 Å². The second-order valence-corrected chi connectivity index (χ2v) is 5.39. The van der Waals surface area contributed by atoms with Gasteiger partial charge in [0.1, 0.15) is 0 Å². The summed E-state index contributed by atoms with van der Waals surface area (Å²) in [6.07, 6.45) is 1.93. The number of fused-ring (bicyclic) bond motifs is 2. The van der Waals surface area contributed by atoms with E-state index in [1.807, 2.05) is 0 Å². The van der Waals surface area contributed by atoms with Crippen LogP contribution in [-0.4, -0.2) is 24.0 Å². The number of nitrogens with one attached hydrogen (secondary N) is 1. The highest BCUT2D eigenvalue weighted by atomic mass is 16.3. The normalized spacial score (nSPS) is 47.4. The number of hydrogen-bond acceptors (Lipinski definition) is 3. The van der Waals surface area contributed by atoms with Crippen molar-refractivity contribution >= 4 is 5.71 Å². The van der Waals surface area contributed by atoms with Gasteiger partial charge in [0.05, 0.1) is 11.8 Å². The van der Waals surface area contributed by atoms with Crippen LogP contribution in [0.15, 0.2) is 5.10 Å². The fourth-order valence-electron chi connectivity index (χ4n) is 3.32. The molecule has 2 aliphatic rings. The van der Waals surface area contributed by atoms with Gasteiger partial charge in [-0.1, -0.05) is 20.8 Å². The van der Waals surface area contributed by atoms with Gasteiger partial charge in [-0.3, -0.25) is 0 Å². The van der Waals surface area contributed by atoms with Crippen LogP contribution in [0.4, 0.5) is 0 Å². The second kappa shape index (κ2) is 2.72. The third-order valence-electron chi connectivity index (χ3n) is 4.78. The van der Waals surface area contributed by atoms with E-state index < -0.39 is 0 Å². The molecule has 0 aliphatic heterocycles. The number of rotatable bonds is 1. The van der Waals surface area contributed by atoms with Gasteiger partial charge >= 0.3 is 0 Å². The predicted molar refractivity (Wildman–Crippen MR) is 57.1 cm³/mol. The maximum absolute atomic E-state index is 10.2. The molecule has 3 heteroatoms. The van der Waals surface area contributed by atoms with E-state index in [4.69, 9.17) is 0 Å². The summed E-state index contributed by atoms with van der Waals surface area (Å²) in [5, 5.41) is 14.5. The van der Waals surface area contributed by atoms with Crippen LogP contribution < -0.4 is 5.43 Å². The Morgan fingerprint density at radius 2 is 2.07 bits per heavy atom. The molecular weight excluding hydrogens is 176 g/mol. The second-order valence-electron chi connectivity index (χ2n) is 5.39. The molecule has 80 valence electrons. The Balaban J connectivity index is 2.44. The Morgan fingerprint density at radius 1 is 1.43 bits per heavy atom. The molecular formula is C11H20N2O. The quantitative estimate of drug-likeness (QED) is 0.622. The summed E-state index contributed by atoms with van der Waals surface area (Å²) >= 11 is 0. The van der Waals surface area contributed by atoms with Crippen LogP contribution in [0.3, 0.4) is 0 Å². The van der Waals surface area contributed by atoms with Gasteiger partial charge in [0, 0.05) is 18.4 Å². The molecule has 0 spiro atoms. The van der Waals surface area contributed by atoms with Crippen molar-refractivity contribution < 1.29 is 5.11 Å². The van der Waals surface area contributed by atoms with Crippen molar-refractivity contribution in [2.45, 2.75) is 39.7 Å². The summed E-state index contributed by atoms with van der Waals surface area (Å²) in [7, 11) is 1.79. The highest BCUT2D eigenvalue weighted by Crippen LogP contribution is 2.64. The zero-order valence-corrected chi connectivity index (χ0v) is 9.46. The van der Waals surface area contributed by atoms with Gasteiger partial charge in [-0.2, -0.15) is 5.10 Å². The zero-order chi connectivity index (χ0) is 10.6. The minimum absolute atomic E-state index is 0.0212. The third kappa shape index (κ3) is 0.888. The molecule has 0 radical (unpaired) electrons. The fraction of sp³-hybridized carbons (Fsp3) is 0.909. The Hall–Kier alpha value is -0.570. The maximum Gasteiger partial charge on any atom is 0.1000 e. The van der Waals surface area contributed by atoms with Crippen molar-refractivity contribution in [1.29, 1.82) is 0 Å². The van der Waals surface area contributed by atoms with Gasteiger partial charge in [-0.05, 0) is 18.3 Å². The molecule has 0 aromatic carbocycles. The van der Waals surface area contributed by atoms with Crippen molar-refractivity contribution in [1.82, 2.24) is 5.43 Å². The van der Waals surface area contributed by atoms with Crippen molar-refractivity contribution in [2.24, 2.45) is 21.8 Å². The predicted octanol–water partition coefficient (Wildman–Crippen LogP) is 1.38. The monoisotopic (exact) mass is 196 g/mol. The number of aliphatic hydroxyl groups excluding tert-OH is 1. The number of hydrazone groups is 1. The third-order valence-corrected chi connectivity index (χ3v) is 4.78. The molecule has 0 heterocycles. The van der Waals surface area contributed by atoms with Crippen molar-refractivity contribution in [3.05, 3.63) is 0 Å². The van der Waals surface area contributed by atoms with Crippen LogP contribution in [0.5, 0.6) is 0 Å². The molecule has 3 nitrogen and oxygen atoms in total. The number of hydrogen-bond donors (Lipinski definition) is 2. The lowest BCUT2D eigenvalue weighted by atomic mass is 9.70. The lowest BCUT2D eigenvalue weighted by Gasteiger charge is -2.35. The van der Waals surface area contributed by atoms with Crippen molar-refractivity contribution in [3.8, 4) is 0 Å². The smallest absolute Gasteiger partial charge is 0.1000 e. The number of nitrogens with zero attached hydrogens (tertiary/aromatic N) is 1. The lowest BCUT2D eigenvalue weighted by molar-refractivity contribution is 0.0338. The van der Waals surface area contributed by atoms with E-state index in [0.717, 1.165) is 12.1 Å². The minimum atomic E-state index is -0.358. The molecule has 2 aliphatic carbocycles. The Bertz CT molecular complexity index is 285. The zero-order valence-electron chi connectivity index (χ0n) is 9.46. The van der Waals surface area contributed by atoms with Crippen molar-refractivity contribution in [2.75, 3.05) is 7.05 Å². The van der Waals surface area contributed by atoms with Crippen LogP contribution >= 0.6 is 0 Å². The maximum atomic E-state index is 10.2. The molecule has 2 N–H and O–H groups in total. The van der Waals surface area contributed by atoms with Crippen LogP contribution in [0.2, 0.25) is 0 Å². The molecule has 2 fully saturated rings. The van der Waals surface area contributed by atoms with Gasteiger partial charge in [0.15, 0.2) is 0 Å².